The number of aromatic nitrogens is 2. The number of pyridine rings is 1. The van der Waals surface area contributed by atoms with Gasteiger partial charge in [-0.15, -0.1) is 11.3 Å². The maximum absolute atomic E-state index is 12.1. The smallest absolute Gasteiger partial charge is 0.252 e. The highest BCUT2D eigenvalue weighted by atomic mass is 79.9. The van der Waals surface area contributed by atoms with Crippen LogP contribution in [0.5, 0.6) is 0 Å². The second-order valence-electron chi connectivity index (χ2n) is 4.85. The Balaban J connectivity index is 1.56. The monoisotopic (exact) mass is 387 g/mol. The molecule has 1 aromatic carbocycles. The van der Waals surface area contributed by atoms with E-state index in [1.54, 1.807) is 29.8 Å². The van der Waals surface area contributed by atoms with Crippen LogP contribution in [0.1, 0.15) is 15.4 Å². The molecule has 3 rings (SSSR count). The zero-order valence-electron chi connectivity index (χ0n) is 12.2. The van der Waals surface area contributed by atoms with Crippen LogP contribution in [0, 0.1) is 0 Å². The number of nitrogens with one attached hydrogen (secondary N) is 1. The van der Waals surface area contributed by atoms with E-state index in [1.807, 2.05) is 35.7 Å². The summed E-state index contributed by atoms with van der Waals surface area (Å²) >= 11 is 4.99. The minimum atomic E-state index is -0.0802. The first-order chi connectivity index (χ1) is 11.2. The van der Waals surface area contributed by atoms with Crippen molar-refractivity contribution >= 4 is 33.2 Å². The fourth-order valence-electron chi connectivity index (χ4n) is 2.10. The minimum absolute atomic E-state index is 0.0802. The van der Waals surface area contributed by atoms with E-state index < -0.39 is 0 Å². The van der Waals surface area contributed by atoms with Crippen LogP contribution in [0.15, 0.2) is 58.6 Å². The number of thiazole rings is 1. The van der Waals surface area contributed by atoms with Crippen LogP contribution in [-0.4, -0.2) is 22.4 Å². The van der Waals surface area contributed by atoms with Crippen molar-refractivity contribution in [2.45, 2.75) is 6.42 Å². The van der Waals surface area contributed by atoms with E-state index >= 15 is 0 Å². The van der Waals surface area contributed by atoms with E-state index in [9.17, 15) is 4.79 Å². The number of hydrogen-bond acceptors (Lipinski definition) is 4. The van der Waals surface area contributed by atoms with E-state index in [-0.39, 0.29) is 5.91 Å². The Bertz CT molecular complexity index is 804. The molecule has 0 fully saturated rings. The molecule has 0 unspecified atom stereocenters. The molecule has 4 nitrogen and oxygen atoms in total. The molecular formula is C17H14BrN3OS. The van der Waals surface area contributed by atoms with E-state index in [1.165, 1.54) is 0 Å². The van der Waals surface area contributed by atoms with Gasteiger partial charge in [0.05, 0.1) is 16.3 Å². The molecule has 2 aromatic heterocycles. The quantitative estimate of drug-likeness (QED) is 0.721. The number of hydrogen-bond donors (Lipinski definition) is 1. The number of nitrogens with zero attached hydrogens (tertiary/aromatic N) is 2. The third-order valence-electron chi connectivity index (χ3n) is 3.27. The van der Waals surface area contributed by atoms with Gasteiger partial charge < -0.3 is 5.32 Å². The molecule has 1 amide bonds. The lowest BCUT2D eigenvalue weighted by Gasteiger charge is -2.05. The Kier molecular flexibility index (Phi) is 5.15. The fraction of sp³-hybridized carbons (Fsp3) is 0.118. The Morgan fingerprint density at radius 2 is 1.96 bits per heavy atom. The molecule has 0 spiro atoms. The number of halogens is 1. The van der Waals surface area contributed by atoms with Gasteiger partial charge in [0.25, 0.3) is 5.91 Å². The zero-order valence-corrected chi connectivity index (χ0v) is 14.6. The van der Waals surface area contributed by atoms with Crippen LogP contribution >= 0.6 is 27.3 Å². The normalized spacial score (nSPS) is 10.5. The summed E-state index contributed by atoms with van der Waals surface area (Å²) in [5.41, 5.74) is 2.65. The van der Waals surface area contributed by atoms with Gasteiger partial charge in [0.2, 0.25) is 0 Å². The van der Waals surface area contributed by atoms with Gasteiger partial charge in [-0.1, -0.05) is 12.1 Å². The second kappa shape index (κ2) is 7.48. The number of benzene rings is 1. The van der Waals surface area contributed by atoms with Crippen molar-refractivity contribution in [3.05, 3.63) is 69.2 Å². The van der Waals surface area contributed by atoms with Gasteiger partial charge >= 0.3 is 0 Å². The average Bonchev–Trinajstić information content (AvgIpc) is 3.05. The third-order valence-corrected chi connectivity index (χ3v) is 4.87. The first-order valence-electron chi connectivity index (χ1n) is 7.11. The molecule has 0 aliphatic rings. The summed E-state index contributed by atoms with van der Waals surface area (Å²) in [6.45, 7) is 0.559. The van der Waals surface area contributed by atoms with Crippen LogP contribution in [0.2, 0.25) is 0 Å². The van der Waals surface area contributed by atoms with Crippen LogP contribution in [-0.2, 0) is 6.42 Å². The lowest BCUT2D eigenvalue weighted by atomic mass is 10.2. The molecular weight excluding hydrogens is 374 g/mol. The fourth-order valence-corrected chi connectivity index (χ4v) is 3.38. The van der Waals surface area contributed by atoms with Crippen LogP contribution < -0.4 is 5.32 Å². The lowest BCUT2D eigenvalue weighted by Crippen LogP contribution is -2.25. The third kappa shape index (κ3) is 4.03. The first-order valence-corrected chi connectivity index (χ1v) is 8.79. The van der Waals surface area contributed by atoms with Crippen molar-refractivity contribution in [2.24, 2.45) is 0 Å². The Morgan fingerprint density at radius 3 is 2.74 bits per heavy atom. The highest BCUT2D eigenvalue weighted by molar-refractivity contribution is 9.10. The van der Waals surface area contributed by atoms with Gasteiger partial charge in [0.15, 0.2) is 0 Å². The summed E-state index contributed by atoms with van der Waals surface area (Å²) in [5.74, 6) is -0.0802. The summed E-state index contributed by atoms with van der Waals surface area (Å²) < 4.78 is 0.798. The first kappa shape index (κ1) is 15.8. The van der Waals surface area contributed by atoms with E-state index in [2.05, 4.69) is 31.2 Å². The minimum Gasteiger partial charge on any atom is -0.352 e. The highest BCUT2D eigenvalue weighted by Gasteiger charge is 2.09. The van der Waals surface area contributed by atoms with Crippen LogP contribution in [0.25, 0.3) is 11.3 Å². The summed E-state index contributed by atoms with van der Waals surface area (Å²) in [7, 11) is 0. The molecule has 0 saturated carbocycles. The lowest BCUT2D eigenvalue weighted by molar-refractivity contribution is 0.0953. The largest absolute Gasteiger partial charge is 0.352 e. The second-order valence-corrected chi connectivity index (χ2v) is 6.65. The Morgan fingerprint density at radius 1 is 1.17 bits per heavy atom. The molecule has 0 bridgehead atoms. The molecule has 23 heavy (non-hydrogen) atoms. The Hall–Kier alpha value is -2.05. The highest BCUT2D eigenvalue weighted by Crippen LogP contribution is 2.21. The number of carbonyl (C=O) groups excluding carboxylic acids is 1. The van der Waals surface area contributed by atoms with Crippen molar-refractivity contribution in [1.29, 1.82) is 0 Å². The van der Waals surface area contributed by atoms with Gasteiger partial charge in [0, 0.05) is 40.8 Å². The molecule has 3 aromatic rings. The van der Waals surface area contributed by atoms with Gasteiger partial charge in [-0.05, 0) is 40.2 Å². The maximum Gasteiger partial charge on any atom is 0.252 e. The predicted octanol–water partition coefficient (Wildman–Crippen LogP) is 3.94. The number of amides is 1. The molecule has 1 N–H and O–H groups in total. The summed E-state index contributed by atoms with van der Waals surface area (Å²) in [4.78, 5) is 20.7. The van der Waals surface area contributed by atoms with Crippen molar-refractivity contribution < 1.29 is 4.79 Å². The molecule has 0 aliphatic carbocycles. The van der Waals surface area contributed by atoms with Gasteiger partial charge in [-0.2, -0.15) is 0 Å². The van der Waals surface area contributed by atoms with E-state index in [0.29, 0.717) is 18.5 Å². The van der Waals surface area contributed by atoms with Crippen molar-refractivity contribution in [3.8, 4) is 11.3 Å². The van der Waals surface area contributed by atoms with Crippen molar-refractivity contribution in [3.63, 3.8) is 0 Å². The van der Waals surface area contributed by atoms with Crippen LogP contribution in [0.3, 0.4) is 0 Å². The molecule has 6 heteroatoms. The standard InChI is InChI=1S/C17H14BrN3OS/c18-14-4-2-1-3-13(14)17(22)20-10-7-16-21-15(11-23-16)12-5-8-19-9-6-12/h1-6,8-9,11H,7,10H2,(H,20,22). The van der Waals surface area contributed by atoms with Gasteiger partial charge in [-0.3, -0.25) is 9.78 Å². The summed E-state index contributed by atoms with van der Waals surface area (Å²) in [6, 6.07) is 11.3. The number of carbonyl (C=O) groups is 1. The molecule has 0 saturated heterocycles. The van der Waals surface area contributed by atoms with E-state index in [0.717, 1.165) is 20.7 Å². The SMILES string of the molecule is O=C(NCCc1nc(-c2ccncc2)cs1)c1ccccc1Br. The van der Waals surface area contributed by atoms with Gasteiger partial charge in [0.1, 0.15) is 0 Å². The van der Waals surface area contributed by atoms with Gasteiger partial charge in [-0.25, -0.2) is 4.98 Å². The molecule has 116 valence electrons. The molecule has 0 radical (unpaired) electrons. The number of rotatable bonds is 5. The molecule has 0 atom stereocenters. The topological polar surface area (TPSA) is 54.9 Å². The summed E-state index contributed by atoms with van der Waals surface area (Å²) in [6.07, 6.45) is 4.23. The summed E-state index contributed by atoms with van der Waals surface area (Å²) in [5, 5.41) is 5.96. The molecule has 2 heterocycles. The Labute approximate surface area is 146 Å². The average molecular weight is 388 g/mol. The zero-order chi connectivity index (χ0) is 16.1. The van der Waals surface area contributed by atoms with Crippen molar-refractivity contribution in [1.82, 2.24) is 15.3 Å². The van der Waals surface area contributed by atoms with Crippen LogP contribution in [0.4, 0.5) is 0 Å². The molecule has 0 aliphatic heterocycles. The predicted molar refractivity (Wildman–Crippen MR) is 95.5 cm³/mol. The van der Waals surface area contributed by atoms with Crippen molar-refractivity contribution in [2.75, 3.05) is 6.54 Å². The van der Waals surface area contributed by atoms with E-state index in [4.69, 9.17) is 0 Å². The maximum atomic E-state index is 12.1.